The van der Waals surface area contributed by atoms with Crippen molar-refractivity contribution < 1.29 is 14.3 Å². The first kappa shape index (κ1) is 16.8. The fraction of sp³-hybridized carbons (Fsp3) is 0.579. The van der Waals surface area contributed by atoms with Crippen molar-refractivity contribution in [1.29, 1.82) is 0 Å². The van der Waals surface area contributed by atoms with E-state index < -0.39 is 0 Å². The van der Waals surface area contributed by atoms with Crippen LogP contribution in [0.4, 0.5) is 5.69 Å². The van der Waals surface area contributed by atoms with Gasteiger partial charge < -0.3 is 15.0 Å². The standard InChI is InChI=1S/C19H26N2O3/c1-13(2)10-21-11-15-9-16(7-8-17(15)24-12-18(21)22)20-19(23)14-5-3-4-6-14/h7-9,13-14H,3-6,10-12H2,1-2H3,(H,20,23). The van der Waals surface area contributed by atoms with Crippen molar-refractivity contribution in [1.82, 2.24) is 4.90 Å². The number of carbonyl (C=O) groups is 2. The summed E-state index contributed by atoms with van der Waals surface area (Å²) in [5.41, 5.74) is 1.74. The molecule has 0 spiro atoms. The molecule has 0 bridgehead atoms. The normalized spacial score (nSPS) is 18.3. The molecule has 1 aromatic rings. The predicted molar refractivity (Wildman–Crippen MR) is 92.8 cm³/mol. The number of ether oxygens (including phenoxy) is 1. The Morgan fingerprint density at radius 2 is 2.08 bits per heavy atom. The molecule has 130 valence electrons. The topological polar surface area (TPSA) is 58.6 Å². The average Bonchev–Trinajstić information content (AvgIpc) is 3.02. The van der Waals surface area contributed by atoms with Crippen molar-refractivity contribution in [3.63, 3.8) is 0 Å². The molecule has 1 aromatic carbocycles. The Hall–Kier alpha value is -2.04. The number of nitrogens with zero attached hydrogens (tertiary/aromatic N) is 1. The Bertz CT molecular complexity index is 621. The van der Waals surface area contributed by atoms with Gasteiger partial charge in [-0.1, -0.05) is 26.7 Å². The SMILES string of the molecule is CC(C)CN1Cc2cc(NC(=O)C3CCCC3)ccc2OCC1=O. The van der Waals surface area contributed by atoms with E-state index in [1.807, 2.05) is 23.1 Å². The summed E-state index contributed by atoms with van der Waals surface area (Å²) in [6, 6.07) is 5.65. The van der Waals surface area contributed by atoms with E-state index in [9.17, 15) is 9.59 Å². The summed E-state index contributed by atoms with van der Waals surface area (Å²) in [6.07, 6.45) is 4.25. The first-order valence-electron chi connectivity index (χ1n) is 8.87. The van der Waals surface area contributed by atoms with Crippen LogP contribution in [0.25, 0.3) is 0 Å². The minimum Gasteiger partial charge on any atom is -0.483 e. The summed E-state index contributed by atoms with van der Waals surface area (Å²) in [5.74, 6) is 1.39. The fourth-order valence-electron chi connectivity index (χ4n) is 3.49. The lowest BCUT2D eigenvalue weighted by Crippen LogP contribution is -2.35. The van der Waals surface area contributed by atoms with Crippen molar-refractivity contribution in [2.24, 2.45) is 11.8 Å². The summed E-state index contributed by atoms with van der Waals surface area (Å²) in [5, 5.41) is 3.02. The van der Waals surface area contributed by atoms with Gasteiger partial charge in [-0.2, -0.15) is 0 Å². The van der Waals surface area contributed by atoms with Gasteiger partial charge in [0, 0.05) is 30.3 Å². The number of rotatable bonds is 4. The second-order valence-corrected chi connectivity index (χ2v) is 7.25. The Morgan fingerprint density at radius 3 is 2.79 bits per heavy atom. The van der Waals surface area contributed by atoms with E-state index in [1.54, 1.807) is 0 Å². The van der Waals surface area contributed by atoms with Crippen LogP contribution >= 0.6 is 0 Å². The highest BCUT2D eigenvalue weighted by Gasteiger charge is 2.24. The number of amides is 2. The second-order valence-electron chi connectivity index (χ2n) is 7.25. The van der Waals surface area contributed by atoms with Gasteiger partial charge in [0.15, 0.2) is 6.61 Å². The monoisotopic (exact) mass is 330 g/mol. The van der Waals surface area contributed by atoms with Gasteiger partial charge in [-0.15, -0.1) is 0 Å². The smallest absolute Gasteiger partial charge is 0.260 e. The van der Waals surface area contributed by atoms with Crippen LogP contribution in [-0.4, -0.2) is 29.9 Å². The van der Waals surface area contributed by atoms with E-state index in [1.165, 1.54) is 0 Å². The Kier molecular flexibility index (Phi) is 5.07. The number of nitrogens with one attached hydrogen (secondary N) is 1. The van der Waals surface area contributed by atoms with E-state index in [0.29, 0.717) is 19.0 Å². The molecule has 24 heavy (non-hydrogen) atoms. The Morgan fingerprint density at radius 1 is 1.33 bits per heavy atom. The third-order valence-corrected chi connectivity index (χ3v) is 4.70. The summed E-state index contributed by atoms with van der Waals surface area (Å²) in [7, 11) is 0. The molecule has 1 fully saturated rings. The molecule has 1 aliphatic heterocycles. The van der Waals surface area contributed by atoms with Crippen LogP contribution in [-0.2, 0) is 16.1 Å². The highest BCUT2D eigenvalue weighted by molar-refractivity contribution is 5.93. The van der Waals surface area contributed by atoms with Gasteiger partial charge in [-0.25, -0.2) is 0 Å². The van der Waals surface area contributed by atoms with Gasteiger partial charge >= 0.3 is 0 Å². The molecule has 2 amide bonds. The third-order valence-electron chi connectivity index (χ3n) is 4.70. The minimum atomic E-state index is 0.0106. The molecular formula is C19H26N2O3. The van der Waals surface area contributed by atoms with E-state index in [4.69, 9.17) is 4.74 Å². The first-order valence-corrected chi connectivity index (χ1v) is 8.87. The maximum atomic E-state index is 12.3. The summed E-state index contributed by atoms with van der Waals surface area (Å²) < 4.78 is 5.63. The Balaban J connectivity index is 1.74. The van der Waals surface area contributed by atoms with Crippen LogP contribution in [0, 0.1) is 11.8 Å². The molecule has 0 saturated heterocycles. The van der Waals surface area contributed by atoms with Crippen molar-refractivity contribution in [3.8, 4) is 5.75 Å². The number of anilines is 1. The molecule has 0 aromatic heterocycles. The van der Waals surface area contributed by atoms with Gasteiger partial charge in [0.2, 0.25) is 5.91 Å². The lowest BCUT2D eigenvalue weighted by atomic mass is 10.1. The molecule has 0 radical (unpaired) electrons. The molecule has 1 aliphatic carbocycles. The fourth-order valence-corrected chi connectivity index (χ4v) is 3.49. The van der Waals surface area contributed by atoms with Crippen LogP contribution in [0.15, 0.2) is 18.2 Å². The zero-order valence-electron chi connectivity index (χ0n) is 14.5. The molecule has 0 atom stereocenters. The summed E-state index contributed by atoms with van der Waals surface area (Å²) in [4.78, 5) is 26.3. The van der Waals surface area contributed by atoms with Gasteiger partial charge in [0.1, 0.15) is 5.75 Å². The number of hydrogen-bond acceptors (Lipinski definition) is 3. The maximum absolute atomic E-state index is 12.3. The zero-order valence-corrected chi connectivity index (χ0v) is 14.5. The van der Waals surface area contributed by atoms with E-state index in [-0.39, 0.29) is 24.3 Å². The van der Waals surface area contributed by atoms with Crippen molar-refractivity contribution in [2.75, 3.05) is 18.5 Å². The van der Waals surface area contributed by atoms with Crippen LogP contribution in [0.5, 0.6) is 5.75 Å². The molecule has 1 saturated carbocycles. The predicted octanol–water partition coefficient (Wildman–Crippen LogP) is 3.19. The first-order chi connectivity index (χ1) is 11.5. The molecule has 1 N–H and O–H groups in total. The van der Waals surface area contributed by atoms with Crippen LogP contribution in [0.1, 0.15) is 45.1 Å². The molecule has 0 unspecified atom stereocenters. The van der Waals surface area contributed by atoms with E-state index in [2.05, 4.69) is 19.2 Å². The van der Waals surface area contributed by atoms with Crippen molar-refractivity contribution >= 4 is 17.5 Å². The molecule has 5 heteroatoms. The largest absolute Gasteiger partial charge is 0.483 e. The lowest BCUT2D eigenvalue weighted by molar-refractivity contribution is -0.133. The van der Waals surface area contributed by atoms with Gasteiger partial charge in [0.25, 0.3) is 5.91 Å². The maximum Gasteiger partial charge on any atom is 0.260 e. The molecule has 2 aliphatic rings. The van der Waals surface area contributed by atoms with Gasteiger partial charge in [-0.05, 0) is 37.0 Å². The second kappa shape index (κ2) is 7.24. The quantitative estimate of drug-likeness (QED) is 0.922. The number of benzene rings is 1. The molecular weight excluding hydrogens is 304 g/mol. The van der Waals surface area contributed by atoms with Crippen LogP contribution in [0.2, 0.25) is 0 Å². The average molecular weight is 330 g/mol. The van der Waals surface area contributed by atoms with Crippen molar-refractivity contribution in [3.05, 3.63) is 23.8 Å². The summed E-state index contributed by atoms with van der Waals surface area (Å²) >= 11 is 0. The molecule has 5 nitrogen and oxygen atoms in total. The van der Waals surface area contributed by atoms with Gasteiger partial charge in [-0.3, -0.25) is 9.59 Å². The highest BCUT2D eigenvalue weighted by Crippen LogP contribution is 2.29. The summed E-state index contributed by atoms with van der Waals surface area (Å²) in [6.45, 7) is 5.50. The highest BCUT2D eigenvalue weighted by atomic mass is 16.5. The van der Waals surface area contributed by atoms with E-state index >= 15 is 0 Å². The van der Waals surface area contributed by atoms with Gasteiger partial charge in [0.05, 0.1) is 0 Å². The van der Waals surface area contributed by atoms with Crippen LogP contribution in [0.3, 0.4) is 0 Å². The lowest BCUT2D eigenvalue weighted by Gasteiger charge is -2.22. The number of fused-ring (bicyclic) bond motifs is 1. The van der Waals surface area contributed by atoms with E-state index in [0.717, 1.165) is 42.7 Å². The molecule has 3 rings (SSSR count). The third kappa shape index (κ3) is 3.89. The van der Waals surface area contributed by atoms with Crippen LogP contribution < -0.4 is 10.1 Å². The van der Waals surface area contributed by atoms with Crippen molar-refractivity contribution in [2.45, 2.75) is 46.1 Å². The number of carbonyl (C=O) groups excluding carboxylic acids is 2. The molecule has 1 heterocycles. The Labute approximate surface area is 143 Å². The minimum absolute atomic E-state index is 0.0106. The zero-order chi connectivity index (χ0) is 17.1. The number of hydrogen-bond donors (Lipinski definition) is 1.